The van der Waals surface area contributed by atoms with Crippen molar-refractivity contribution in [1.29, 1.82) is 0 Å². The second kappa shape index (κ2) is 8.38. The third-order valence-corrected chi connectivity index (χ3v) is 4.95. The van der Waals surface area contributed by atoms with Crippen LogP contribution in [0.5, 0.6) is 0 Å². The summed E-state index contributed by atoms with van der Waals surface area (Å²) < 4.78 is 1.72. The predicted octanol–water partition coefficient (Wildman–Crippen LogP) is 4.67. The number of hydrogen-bond acceptors (Lipinski definition) is 3. The zero-order chi connectivity index (χ0) is 20.3. The lowest BCUT2D eigenvalue weighted by Gasteiger charge is -2.20. The highest BCUT2D eigenvalue weighted by atomic mass is 16.1. The number of fused-ring (bicyclic) bond motifs is 1. The van der Waals surface area contributed by atoms with Crippen molar-refractivity contribution in [2.75, 3.05) is 5.32 Å². The van der Waals surface area contributed by atoms with E-state index in [2.05, 4.69) is 56.3 Å². The van der Waals surface area contributed by atoms with Crippen molar-refractivity contribution >= 4 is 22.5 Å². The van der Waals surface area contributed by atoms with Crippen molar-refractivity contribution in [3.8, 4) is 0 Å². The molecule has 5 heteroatoms. The molecular formula is C23H27N3O2. The van der Waals surface area contributed by atoms with Gasteiger partial charge in [0.05, 0.1) is 18.3 Å². The first-order valence-corrected chi connectivity index (χ1v) is 9.76. The van der Waals surface area contributed by atoms with Gasteiger partial charge in [-0.1, -0.05) is 58.0 Å². The summed E-state index contributed by atoms with van der Waals surface area (Å²) in [6, 6.07) is 13.5. The smallest absolute Gasteiger partial charge is 0.226 e. The minimum Gasteiger partial charge on any atom is -0.326 e. The van der Waals surface area contributed by atoms with Crippen molar-refractivity contribution in [2.24, 2.45) is 0 Å². The van der Waals surface area contributed by atoms with E-state index >= 15 is 0 Å². The Morgan fingerprint density at radius 2 is 1.64 bits per heavy atom. The second-order valence-corrected chi connectivity index (χ2v) is 7.67. The molecular weight excluding hydrogens is 350 g/mol. The van der Waals surface area contributed by atoms with Crippen LogP contribution in [0.25, 0.3) is 10.9 Å². The molecule has 0 unspecified atom stereocenters. The van der Waals surface area contributed by atoms with Gasteiger partial charge in [-0.15, -0.1) is 0 Å². The average Bonchev–Trinajstić information content (AvgIpc) is 2.67. The van der Waals surface area contributed by atoms with Crippen LogP contribution in [-0.2, 0) is 11.3 Å². The largest absolute Gasteiger partial charge is 0.326 e. The van der Waals surface area contributed by atoms with Gasteiger partial charge in [-0.3, -0.25) is 14.3 Å². The molecule has 0 saturated heterocycles. The number of anilines is 1. The van der Waals surface area contributed by atoms with Crippen LogP contribution < -0.4 is 10.7 Å². The van der Waals surface area contributed by atoms with E-state index in [9.17, 15) is 9.59 Å². The van der Waals surface area contributed by atoms with E-state index in [0.29, 0.717) is 23.8 Å². The van der Waals surface area contributed by atoms with E-state index in [4.69, 9.17) is 0 Å². The van der Waals surface area contributed by atoms with Gasteiger partial charge in [0.1, 0.15) is 0 Å². The monoisotopic (exact) mass is 377 g/mol. The van der Waals surface area contributed by atoms with E-state index in [0.717, 1.165) is 22.3 Å². The van der Waals surface area contributed by atoms with E-state index in [-0.39, 0.29) is 17.8 Å². The third kappa shape index (κ3) is 4.14. The number of para-hydroxylation sites is 2. The number of benzene rings is 2. The van der Waals surface area contributed by atoms with Gasteiger partial charge in [0.15, 0.2) is 0 Å². The summed E-state index contributed by atoms with van der Waals surface area (Å²) in [5, 5.41) is 7.95. The van der Waals surface area contributed by atoms with E-state index in [1.165, 1.54) is 6.20 Å². The highest BCUT2D eigenvalue weighted by molar-refractivity contribution is 5.92. The van der Waals surface area contributed by atoms with E-state index in [1.807, 2.05) is 18.2 Å². The van der Waals surface area contributed by atoms with Crippen molar-refractivity contribution in [2.45, 2.75) is 52.5 Å². The standard InChI is InChI=1S/C23H27N3O2/c1-15(2)17-9-7-10-18(16(3)4)23(17)25-22(28)12-13-26-20-11-6-5-8-19(20)21(27)14-24-26/h5-11,14-16H,12-13H2,1-4H3,(H,25,28). The highest BCUT2D eigenvalue weighted by Gasteiger charge is 2.16. The molecule has 28 heavy (non-hydrogen) atoms. The Morgan fingerprint density at radius 1 is 1.00 bits per heavy atom. The van der Waals surface area contributed by atoms with Gasteiger partial charge < -0.3 is 5.32 Å². The Bertz CT molecular complexity index is 1020. The molecule has 1 N–H and O–H groups in total. The normalized spacial score (nSPS) is 11.4. The van der Waals surface area contributed by atoms with Crippen molar-refractivity contribution in [3.05, 3.63) is 70.0 Å². The van der Waals surface area contributed by atoms with E-state index in [1.54, 1.807) is 10.7 Å². The summed E-state index contributed by atoms with van der Waals surface area (Å²) in [7, 11) is 0. The molecule has 1 heterocycles. The maximum Gasteiger partial charge on any atom is 0.226 e. The Morgan fingerprint density at radius 3 is 2.29 bits per heavy atom. The molecule has 1 amide bonds. The molecule has 0 saturated carbocycles. The summed E-state index contributed by atoms with van der Waals surface area (Å²) in [6.45, 7) is 8.93. The number of nitrogens with one attached hydrogen (secondary N) is 1. The molecule has 0 spiro atoms. The third-order valence-electron chi connectivity index (χ3n) is 4.95. The predicted molar refractivity (Wildman–Crippen MR) is 114 cm³/mol. The molecule has 0 atom stereocenters. The first kappa shape index (κ1) is 19.8. The Hall–Kier alpha value is -2.95. The maximum atomic E-state index is 12.7. The lowest BCUT2D eigenvalue weighted by molar-refractivity contribution is -0.116. The van der Waals surface area contributed by atoms with Gasteiger partial charge in [-0.25, -0.2) is 0 Å². The Kier molecular flexibility index (Phi) is 5.93. The molecule has 0 bridgehead atoms. The van der Waals surface area contributed by atoms with Gasteiger partial charge in [-0.05, 0) is 35.1 Å². The molecule has 0 aliphatic carbocycles. The second-order valence-electron chi connectivity index (χ2n) is 7.67. The van der Waals surface area contributed by atoms with Crippen molar-refractivity contribution in [3.63, 3.8) is 0 Å². The number of aromatic nitrogens is 2. The molecule has 0 aliphatic rings. The average molecular weight is 377 g/mol. The molecule has 0 aliphatic heterocycles. The molecule has 0 radical (unpaired) electrons. The number of rotatable bonds is 6. The van der Waals surface area contributed by atoms with Gasteiger partial charge in [0.2, 0.25) is 11.3 Å². The fraction of sp³-hybridized carbons (Fsp3) is 0.348. The highest BCUT2D eigenvalue weighted by Crippen LogP contribution is 2.32. The fourth-order valence-electron chi connectivity index (χ4n) is 3.44. The molecule has 1 aromatic heterocycles. The molecule has 2 aromatic carbocycles. The van der Waals surface area contributed by atoms with Crippen LogP contribution in [0.2, 0.25) is 0 Å². The van der Waals surface area contributed by atoms with Crippen LogP contribution in [0.15, 0.2) is 53.5 Å². The Labute approximate surface area is 165 Å². The van der Waals surface area contributed by atoms with E-state index < -0.39 is 0 Å². The Balaban J connectivity index is 1.81. The summed E-state index contributed by atoms with van der Waals surface area (Å²) in [5.74, 6) is 0.580. The van der Waals surface area contributed by atoms with Crippen LogP contribution in [0.3, 0.4) is 0 Å². The zero-order valence-corrected chi connectivity index (χ0v) is 16.9. The number of nitrogens with zero attached hydrogens (tertiary/aromatic N) is 2. The number of amides is 1. The maximum absolute atomic E-state index is 12.7. The molecule has 146 valence electrons. The molecule has 3 aromatic rings. The number of carbonyl (C=O) groups excluding carboxylic acids is 1. The molecule has 5 nitrogen and oxygen atoms in total. The number of aryl methyl sites for hydroxylation is 1. The lowest BCUT2D eigenvalue weighted by atomic mass is 9.92. The minimum atomic E-state index is -0.108. The first-order valence-electron chi connectivity index (χ1n) is 9.76. The summed E-state index contributed by atoms with van der Waals surface area (Å²) in [4.78, 5) is 24.7. The van der Waals surface area contributed by atoms with Crippen LogP contribution in [0.4, 0.5) is 5.69 Å². The van der Waals surface area contributed by atoms with Crippen molar-refractivity contribution < 1.29 is 4.79 Å². The minimum absolute atomic E-state index is 0.0559. The molecule has 0 fully saturated rings. The van der Waals surface area contributed by atoms with Gasteiger partial charge in [0.25, 0.3) is 0 Å². The van der Waals surface area contributed by atoms with Gasteiger partial charge in [-0.2, -0.15) is 5.10 Å². The fourth-order valence-corrected chi connectivity index (χ4v) is 3.44. The summed E-state index contributed by atoms with van der Waals surface area (Å²) in [5.41, 5.74) is 3.85. The lowest BCUT2D eigenvalue weighted by Crippen LogP contribution is -2.19. The van der Waals surface area contributed by atoms with Gasteiger partial charge >= 0.3 is 0 Å². The summed E-state index contributed by atoms with van der Waals surface area (Å²) in [6.07, 6.45) is 1.59. The van der Waals surface area contributed by atoms with Crippen LogP contribution >= 0.6 is 0 Å². The number of carbonyl (C=O) groups is 1. The van der Waals surface area contributed by atoms with Crippen molar-refractivity contribution in [1.82, 2.24) is 9.78 Å². The quantitative estimate of drug-likeness (QED) is 0.679. The first-order chi connectivity index (χ1) is 13.4. The van der Waals surface area contributed by atoms with Crippen LogP contribution in [-0.4, -0.2) is 15.7 Å². The van der Waals surface area contributed by atoms with Crippen LogP contribution in [0.1, 0.15) is 57.1 Å². The van der Waals surface area contributed by atoms with Gasteiger partial charge in [0, 0.05) is 17.5 Å². The van der Waals surface area contributed by atoms with Crippen LogP contribution in [0, 0.1) is 0 Å². The molecule has 3 rings (SSSR count). The topological polar surface area (TPSA) is 64.0 Å². The number of hydrogen-bond donors (Lipinski definition) is 1. The zero-order valence-electron chi connectivity index (χ0n) is 16.9. The SMILES string of the molecule is CC(C)c1cccc(C(C)C)c1NC(=O)CCn1ncc(=O)c2ccccc21. The summed E-state index contributed by atoms with van der Waals surface area (Å²) >= 11 is 0.